The van der Waals surface area contributed by atoms with Crippen molar-refractivity contribution >= 4 is 12.0 Å². The van der Waals surface area contributed by atoms with Crippen molar-refractivity contribution in [1.82, 2.24) is 10.2 Å². The van der Waals surface area contributed by atoms with E-state index in [0.29, 0.717) is 11.8 Å². The lowest BCUT2D eigenvalue weighted by Gasteiger charge is -2.31. The predicted octanol–water partition coefficient (Wildman–Crippen LogP) is 3.10. The van der Waals surface area contributed by atoms with Crippen molar-refractivity contribution in [2.45, 2.75) is 65.5 Å². The van der Waals surface area contributed by atoms with Gasteiger partial charge in [-0.3, -0.25) is 4.79 Å². The molecule has 0 bridgehead atoms. The molecular weight excluding hydrogens is 292 g/mol. The maximum absolute atomic E-state index is 12.2. The van der Waals surface area contributed by atoms with Crippen LogP contribution >= 0.6 is 0 Å². The van der Waals surface area contributed by atoms with Gasteiger partial charge in [0.15, 0.2) is 0 Å². The van der Waals surface area contributed by atoms with Gasteiger partial charge in [-0.1, -0.05) is 5.57 Å². The number of ether oxygens (including phenoxy) is 1. The molecule has 1 aliphatic heterocycles. The van der Waals surface area contributed by atoms with Gasteiger partial charge in [0.2, 0.25) is 5.91 Å². The summed E-state index contributed by atoms with van der Waals surface area (Å²) < 4.78 is 5.47. The van der Waals surface area contributed by atoms with Crippen LogP contribution in [0, 0.1) is 11.8 Å². The first-order valence-electron chi connectivity index (χ1n) is 8.57. The van der Waals surface area contributed by atoms with E-state index in [4.69, 9.17) is 4.74 Å². The van der Waals surface area contributed by atoms with Gasteiger partial charge >= 0.3 is 6.09 Å². The molecule has 3 atom stereocenters. The van der Waals surface area contributed by atoms with E-state index in [1.807, 2.05) is 39.5 Å². The van der Waals surface area contributed by atoms with Gasteiger partial charge in [-0.25, -0.2) is 4.79 Å². The van der Waals surface area contributed by atoms with Gasteiger partial charge in [0.1, 0.15) is 5.60 Å². The molecule has 2 fully saturated rings. The highest BCUT2D eigenvalue weighted by Gasteiger charge is 2.40. The molecule has 1 heterocycles. The number of nitrogens with zero attached hydrogens (tertiary/aromatic N) is 1. The molecule has 0 spiro atoms. The van der Waals surface area contributed by atoms with Gasteiger partial charge in [0.05, 0.1) is 0 Å². The summed E-state index contributed by atoms with van der Waals surface area (Å²) in [6, 6.07) is 0.220. The van der Waals surface area contributed by atoms with Crippen LogP contribution in [0.1, 0.15) is 53.9 Å². The third kappa shape index (κ3) is 5.26. The number of fused-ring (bicyclic) bond motifs is 1. The van der Waals surface area contributed by atoms with Gasteiger partial charge in [-0.2, -0.15) is 0 Å². The quantitative estimate of drug-likeness (QED) is 0.795. The average Bonchev–Trinajstić information content (AvgIpc) is 2.78. The van der Waals surface area contributed by atoms with Crippen LogP contribution in [0.2, 0.25) is 0 Å². The van der Waals surface area contributed by atoms with Gasteiger partial charge in [-0.15, -0.1) is 0 Å². The first kappa shape index (κ1) is 17.8. The molecule has 0 aromatic heterocycles. The third-order valence-electron chi connectivity index (χ3n) is 4.47. The van der Waals surface area contributed by atoms with Crippen LogP contribution in [0.15, 0.2) is 11.6 Å². The van der Waals surface area contributed by atoms with Gasteiger partial charge < -0.3 is 15.0 Å². The van der Waals surface area contributed by atoms with Crippen LogP contribution in [0.5, 0.6) is 0 Å². The molecule has 1 saturated heterocycles. The van der Waals surface area contributed by atoms with E-state index in [1.165, 1.54) is 0 Å². The fourth-order valence-corrected chi connectivity index (χ4v) is 3.54. The van der Waals surface area contributed by atoms with Crippen molar-refractivity contribution in [3.8, 4) is 0 Å². The number of carbonyl (C=O) groups is 2. The molecule has 23 heavy (non-hydrogen) atoms. The zero-order valence-corrected chi connectivity index (χ0v) is 15.0. The Kier molecular flexibility index (Phi) is 5.37. The molecule has 0 aromatic rings. The molecule has 5 heteroatoms. The summed E-state index contributed by atoms with van der Waals surface area (Å²) in [6.45, 7) is 11.1. The lowest BCUT2D eigenvalue weighted by atomic mass is 9.79. The summed E-state index contributed by atoms with van der Waals surface area (Å²) in [5, 5.41) is 3.10. The molecule has 130 valence electrons. The number of nitrogens with one attached hydrogen (secondary N) is 1. The third-order valence-corrected chi connectivity index (χ3v) is 4.47. The van der Waals surface area contributed by atoms with Crippen molar-refractivity contribution in [3.05, 3.63) is 11.6 Å². The first-order valence-corrected chi connectivity index (χ1v) is 8.57. The lowest BCUT2D eigenvalue weighted by molar-refractivity contribution is -0.117. The molecule has 1 N–H and O–H groups in total. The van der Waals surface area contributed by atoms with E-state index in [-0.39, 0.29) is 18.0 Å². The van der Waals surface area contributed by atoms with Crippen molar-refractivity contribution in [2.24, 2.45) is 11.8 Å². The summed E-state index contributed by atoms with van der Waals surface area (Å²) in [4.78, 5) is 25.9. The lowest BCUT2D eigenvalue weighted by Crippen LogP contribution is -2.40. The highest BCUT2D eigenvalue weighted by molar-refractivity contribution is 5.88. The first-order chi connectivity index (χ1) is 10.6. The van der Waals surface area contributed by atoms with Crippen molar-refractivity contribution < 1.29 is 14.3 Å². The zero-order chi connectivity index (χ0) is 17.2. The van der Waals surface area contributed by atoms with Crippen LogP contribution in [-0.2, 0) is 9.53 Å². The van der Waals surface area contributed by atoms with Crippen LogP contribution in [0.25, 0.3) is 0 Å². The number of likely N-dealkylation sites (tertiary alicyclic amines) is 1. The Morgan fingerprint density at radius 2 is 1.78 bits per heavy atom. The van der Waals surface area contributed by atoms with Crippen molar-refractivity contribution in [1.29, 1.82) is 0 Å². The normalized spacial score (nSPS) is 27.2. The highest BCUT2D eigenvalue weighted by Crippen LogP contribution is 2.36. The van der Waals surface area contributed by atoms with Crippen molar-refractivity contribution in [3.63, 3.8) is 0 Å². The Balaban J connectivity index is 1.87. The largest absolute Gasteiger partial charge is 0.444 e. The number of allylic oxidation sites excluding steroid dienone is 1. The number of amides is 2. The van der Waals surface area contributed by atoms with E-state index >= 15 is 0 Å². The molecule has 0 radical (unpaired) electrons. The van der Waals surface area contributed by atoms with E-state index in [9.17, 15) is 9.59 Å². The number of carbonyl (C=O) groups excluding carboxylic acids is 2. The zero-order valence-electron chi connectivity index (χ0n) is 15.0. The molecule has 0 aromatic carbocycles. The smallest absolute Gasteiger partial charge is 0.410 e. The Morgan fingerprint density at radius 3 is 2.39 bits per heavy atom. The van der Waals surface area contributed by atoms with Gasteiger partial charge in [0, 0.05) is 25.2 Å². The van der Waals surface area contributed by atoms with Crippen LogP contribution in [-0.4, -0.2) is 41.6 Å². The van der Waals surface area contributed by atoms with E-state index in [2.05, 4.69) is 5.32 Å². The summed E-state index contributed by atoms with van der Waals surface area (Å²) in [6.07, 6.45) is 4.44. The van der Waals surface area contributed by atoms with E-state index in [0.717, 1.165) is 37.9 Å². The Labute approximate surface area is 139 Å². The summed E-state index contributed by atoms with van der Waals surface area (Å²) in [5.74, 6) is 1.00. The summed E-state index contributed by atoms with van der Waals surface area (Å²) in [7, 11) is 0. The van der Waals surface area contributed by atoms with Gasteiger partial charge in [0.25, 0.3) is 0 Å². The number of hydrogen-bond acceptors (Lipinski definition) is 3. The second-order valence-corrected chi connectivity index (χ2v) is 8.15. The SMILES string of the molecule is CC(C)=CC(=O)N[C@@H]1CC[C@@H]2CN(C(=O)OC(C)(C)C)C[C@@H]2C1. The van der Waals surface area contributed by atoms with Crippen LogP contribution in [0.4, 0.5) is 4.79 Å². The molecule has 2 amide bonds. The fourth-order valence-electron chi connectivity index (χ4n) is 3.54. The Morgan fingerprint density at radius 1 is 1.13 bits per heavy atom. The molecule has 2 rings (SSSR count). The predicted molar refractivity (Wildman–Crippen MR) is 90.0 cm³/mol. The van der Waals surface area contributed by atoms with E-state index in [1.54, 1.807) is 6.08 Å². The van der Waals surface area contributed by atoms with E-state index < -0.39 is 5.60 Å². The minimum Gasteiger partial charge on any atom is -0.444 e. The van der Waals surface area contributed by atoms with Crippen molar-refractivity contribution in [2.75, 3.05) is 13.1 Å². The second kappa shape index (κ2) is 6.93. The Hall–Kier alpha value is -1.52. The summed E-state index contributed by atoms with van der Waals surface area (Å²) in [5.41, 5.74) is 0.555. The Bertz CT molecular complexity index is 489. The molecule has 5 nitrogen and oxygen atoms in total. The molecule has 1 aliphatic carbocycles. The van der Waals surface area contributed by atoms with Crippen LogP contribution < -0.4 is 5.32 Å². The molecule has 2 aliphatic rings. The standard InChI is InChI=1S/C18H30N2O3/c1-12(2)8-16(21)19-15-7-6-13-10-20(11-14(13)9-15)17(22)23-18(3,4)5/h8,13-15H,6-7,9-11H2,1-5H3,(H,19,21)/t13-,14+,15-/m1/s1. The minimum absolute atomic E-state index is 0.00422. The monoisotopic (exact) mass is 322 g/mol. The fraction of sp³-hybridized carbons (Fsp3) is 0.778. The molecule has 0 unspecified atom stereocenters. The number of hydrogen-bond donors (Lipinski definition) is 1. The number of rotatable bonds is 2. The summed E-state index contributed by atoms with van der Waals surface area (Å²) >= 11 is 0. The maximum Gasteiger partial charge on any atom is 0.410 e. The maximum atomic E-state index is 12.2. The van der Waals surface area contributed by atoms with Gasteiger partial charge in [-0.05, 0) is 65.7 Å². The molecule has 1 saturated carbocycles. The molecular formula is C18H30N2O3. The topological polar surface area (TPSA) is 58.6 Å². The highest BCUT2D eigenvalue weighted by atomic mass is 16.6. The minimum atomic E-state index is -0.453. The average molecular weight is 322 g/mol. The second-order valence-electron chi connectivity index (χ2n) is 8.15. The van der Waals surface area contributed by atoms with Crippen LogP contribution in [0.3, 0.4) is 0 Å².